The molecule has 12 N–H and O–H groups in total. The van der Waals surface area contributed by atoms with Crippen molar-refractivity contribution in [2.45, 2.75) is 426 Å². The Morgan fingerprint density at radius 1 is 0.354 bits per heavy atom. The second-order valence-corrected chi connectivity index (χ2v) is 28.9. The summed E-state index contributed by atoms with van der Waals surface area (Å²) >= 11 is 0. The van der Waals surface area contributed by atoms with E-state index in [-0.39, 0.29) is 18.9 Å². The lowest BCUT2D eigenvalue weighted by Gasteiger charge is -2.48. The average molecular weight is 1410 g/mol. The molecule has 3 aliphatic heterocycles. The Balaban J connectivity index is 1.40. The summed E-state index contributed by atoms with van der Waals surface area (Å²) in [6.07, 6.45) is 49.6. The van der Waals surface area contributed by atoms with Gasteiger partial charge in [-0.1, -0.05) is 294 Å². The third-order valence-corrected chi connectivity index (χ3v) is 20.1. The number of unbranched alkanes of at least 4 members (excludes halogenated alkanes) is 42. The van der Waals surface area contributed by atoms with Crippen molar-refractivity contribution in [1.82, 2.24) is 5.32 Å². The first-order valence-electron chi connectivity index (χ1n) is 40.4. The fourth-order valence-electron chi connectivity index (χ4n) is 13.6. The van der Waals surface area contributed by atoms with Gasteiger partial charge in [0.05, 0.1) is 38.6 Å². The first kappa shape index (κ1) is 91.0. The van der Waals surface area contributed by atoms with Gasteiger partial charge >= 0.3 is 0 Å². The third kappa shape index (κ3) is 41.3. The summed E-state index contributed by atoms with van der Waals surface area (Å²) in [5.41, 5.74) is 0. The predicted octanol–water partition coefficient (Wildman–Crippen LogP) is 13.3. The molecular formula is C80H147NO18. The van der Waals surface area contributed by atoms with Crippen molar-refractivity contribution in [1.29, 1.82) is 0 Å². The minimum atomic E-state index is -1.98. The first-order chi connectivity index (χ1) is 48.3. The van der Waals surface area contributed by atoms with Gasteiger partial charge in [0.1, 0.15) is 73.2 Å². The molecule has 19 nitrogen and oxygen atoms in total. The van der Waals surface area contributed by atoms with Crippen LogP contribution >= 0.6 is 0 Å². The lowest BCUT2D eigenvalue weighted by Crippen LogP contribution is -2.66. The number of rotatable bonds is 64. The lowest BCUT2D eigenvalue weighted by atomic mass is 9.96. The fraction of sp³-hybridized carbons (Fsp3) is 0.887. The number of hydrogen-bond donors (Lipinski definition) is 12. The summed E-state index contributed by atoms with van der Waals surface area (Å²) in [5.74, 6) is -0.285. The van der Waals surface area contributed by atoms with Crippen LogP contribution in [0.2, 0.25) is 0 Å². The van der Waals surface area contributed by atoms with Crippen molar-refractivity contribution in [3.8, 4) is 0 Å². The SMILES string of the molecule is CCCCCCCCCC/C=C\CCCCCCCCCCCCCCCCCC(=O)NC(COC1OC(CO)C(OC2OC(CO)C(OC3OC(CO)C(O)C(O)C3O)C(O)C2O)C(O)C1O)C(O)/C=C/CC/C=C/CC/C=C/CCCCCCCCCCCCCCCCCCC. The summed E-state index contributed by atoms with van der Waals surface area (Å²) in [6.45, 7) is 1.75. The monoisotopic (exact) mass is 1410 g/mol. The van der Waals surface area contributed by atoms with Gasteiger partial charge in [-0.25, -0.2) is 0 Å². The Bertz CT molecular complexity index is 1980. The fourth-order valence-corrected chi connectivity index (χ4v) is 13.6. The molecule has 0 bridgehead atoms. The van der Waals surface area contributed by atoms with Crippen LogP contribution in [0.15, 0.2) is 48.6 Å². The maximum Gasteiger partial charge on any atom is 0.220 e. The summed E-state index contributed by atoms with van der Waals surface area (Å²) in [7, 11) is 0. The number of ether oxygens (including phenoxy) is 6. The number of aliphatic hydroxyl groups excluding tert-OH is 11. The molecule has 0 radical (unpaired) electrons. The molecule has 3 fully saturated rings. The minimum absolute atomic E-state index is 0.233. The number of aliphatic hydroxyl groups is 11. The zero-order valence-electron chi connectivity index (χ0n) is 62.0. The highest BCUT2D eigenvalue weighted by molar-refractivity contribution is 5.76. The molecule has 3 saturated heterocycles. The van der Waals surface area contributed by atoms with Gasteiger partial charge in [0, 0.05) is 6.42 Å². The van der Waals surface area contributed by atoms with E-state index in [0.717, 1.165) is 44.9 Å². The Morgan fingerprint density at radius 3 is 1.01 bits per heavy atom. The Morgan fingerprint density at radius 2 is 0.646 bits per heavy atom. The van der Waals surface area contributed by atoms with E-state index in [0.29, 0.717) is 12.8 Å². The average Bonchev–Trinajstić information content (AvgIpc) is 0.784. The van der Waals surface area contributed by atoms with Gasteiger partial charge in [-0.15, -0.1) is 0 Å². The number of amides is 1. The zero-order chi connectivity index (χ0) is 71.8. The quantitative estimate of drug-likeness (QED) is 0.0199. The topological polar surface area (TPSA) is 307 Å². The molecule has 17 unspecified atom stereocenters. The predicted molar refractivity (Wildman–Crippen MR) is 392 cm³/mol. The van der Waals surface area contributed by atoms with Gasteiger partial charge in [-0.05, 0) is 70.6 Å². The van der Waals surface area contributed by atoms with E-state index in [2.05, 4.69) is 55.6 Å². The smallest absolute Gasteiger partial charge is 0.220 e. The number of carbonyl (C=O) groups excluding carboxylic acids is 1. The number of hydrogen-bond acceptors (Lipinski definition) is 18. The largest absolute Gasteiger partial charge is 0.394 e. The first-order valence-corrected chi connectivity index (χ1v) is 40.4. The Hall–Kier alpha value is -2.25. The van der Waals surface area contributed by atoms with Crippen LogP contribution in [0.25, 0.3) is 0 Å². The molecule has 3 rings (SSSR count). The van der Waals surface area contributed by atoms with Crippen molar-refractivity contribution in [2.75, 3.05) is 26.4 Å². The van der Waals surface area contributed by atoms with Gasteiger partial charge in [0.15, 0.2) is 18.9 Å². The van der Waals surface area contributed by atoms with Gasteiger partial charge in [-0.2, -0.15) is 0 Å². The standard InChI is InChI=1S/C80H147NO18/c1-3-5-7-9-11-13-15-17-19-21-23-25-27-29-31-33-35-37-39-41-43-45-47-49-51-53-55-57-64(85)63(81-68(86)58-56-54-52-50-48-46-44-42-40-38-36-34-32-30-28-26-24-22-20-18-16-14-12-10-8-6-4-2)62-94-78-74(92)71(89)76(66(60-83)96-78)99-80-75(93)72(90)77(67(61-84)97-80)98-79-73(91)70(88)69(87)65(59-82)95-79/h22,24,39,41,47,49,55,57,63-67,69-80,82-85,87-93H,3-21,23,25-38,40,42-46,48,50-54,56,58-62H2,1-2H3,(H,81,86)/b24-22-,41-39+,49-47+,57-55+. The molecule has 1 amide bonds. The molecule has 0 spiro atoms. The van der Waals surface area contributed by atoms with E-state index >= 15 is 0 Å². The summed E-state index contributed by atoms with van der Waals surface area (Å²) in [4.78, 5) is 13.5. The van der Waals surface area contributed by atoms with E-state index in [1.165, 1.54) is 244 Å². The molecule has 0 aromatic heterocycles. The highest BCUT2D eigenvalue weighted by Crippen LogP contribution is 2.33. The van der Waals surface area contributed by atoms with E-state index in [4.69, 9.17) is 28.4 Å². The lowest BCUT2D eigenvalue weighted by molar-refractivity contribution is -0.379. The number of allylic oxidation sites excluding steroid dienone is 7. The molecule has 0 saturated carbocycles. The summed E-state index contributed by atoms with van der Waals surface area (Å²) in [6, 6.07) is -0.998. The highest BCUT2D eigenvalue weighted by atomic mass is 16.8. The zero-order valence-corrected chi connectivity index (χ0v) is 62.0. The molecule has 3 aliphatic rings. The molecule has 99 heavy (non-hydrogen) atoms. The minimum Gasteiger partial charge on any atom is -0.394 e. The molecule has 580 valence electrons. The van der Waals surface area contributed by atoms with Crippen LogP contribution in [0.3, 0.4) is 0 Å². The molecule has 0 aromatic carbocycles. The van der Waals surface area contributed by atoms with Crippen LogP contribution < -0.4 is 5.32 Å². The van der Waals surface area contributed by atoms with E-state index in [1.54, 1.807) is 6.08 Å². The van der Waals surface area contributed by atoms with E-state index in [1.807, 2.05) is 6.08 Å². The van der Waals surface area contributed by atoms with Gasteiger partial charge in [0.2, 0.25) is 5.91 Å². The van der Waals surface area contributed by atoms with Crippen LogP contribution in [0, 0.1) is 0 Å². The molecule has 0 aliphatic carbocycles. The van der Waals surface area contributed by atoms with E-state index in [9.17, 15) is 61.0 Å². The maximum atomic E-state index is 13.5. The van der Waals surface area contributed by atoms with Crippen molar-refractivity contribution in [2.24, 2.45) is 0 Å². The Kier molecular flexibility index (Phi) is 56.0. The number of nitrogens with one attached hydrogen (secondary N) is 1. The summed E-state index contributed by atoms with van der Waals surface area (Å²) in [5, 5.41) is 121. The highest BCUT2D eigenvalue weighted by Gasteiger charge is 2.54. The van der Waals surface area contributed by atoms with Crippen molar-refractivity contribution >= 4 is 5.91 Å². The molecule has 17 atom stereocenters. The second kappa shape index (κ2) is 61.0. The van der Waals surface area contributed by atoms with Crippen molar-refractivity contribution in [3.63, 3.8) is 0 Å². The van der Waals surface area contributed by atoms with Crippen LogP contribution in [0.4, 0.5) is 0 Å². The van der Waals surface area contributed by atoms with Crippen molar-refractivity contribution < 1.29 is 89.4 Å². The van der Waals surface area contributed by atoms with Crippen LogP contribution in [0.5, 0.6) is 0 Å². The normalized spacial score (nSPS) is 26.8. The van der Waals surface area contributed by atoms with Gasteiger partial charge in [0.25, 0.3) is 0 Å². The van der Waals surface area contributed by atoms with Crippen LogP contribution in [-0.4, -0.2) is 193 Å². The molecule has 0 aromatic rings. The van der Waals surface area contributed by atoms with E-state index < -0.39 is 124 Å². The van der Waals surface area contributed by atoms with Crippen molar-refractivity contribution in [3.05, 3.63) is 48.6 Å². The number of carbonyl (C=O) groups is 1. The summed E-state index contributed by atoms with van der Waals surface area (Å²) < 4.78 is 34.4. The second-order valence-electron chi connectivity index (χ2n) is 28.9. The Labute approximate surface area is 599 Å². The van der Waals surface area contributed by atoms with Crippen LogP contribution in [-0.2, 0) is 33.2 Å². The van der Waals surface area contributed by atoms with Crippen LogP contribution in [0.1, 0.15) is 322 Å². The molecular weight excluding hydrogens is 1260 g/mol. The van der Waals surface area contributed by atoms with Gasteiger partial charge in [-0.3, -0.25) is 4.79 Å². The van der Waals surface area contributed by atoms with Gasteiger partial charge < -0.3 is 89.9 Å². The third-order valence-electron chi connectivity index (χ3n) is 20.1. The molecule has 3 heterocycles. The molecule has 19 heteroatoms. The maximum absolute atomic E-state index is 13.5.